The molecule has 1 aromatic carbocycles. The van der Waals surface area contributed by atoms with Gasteiger partial charge in [-0.3, -0.25) is 0 Å². The molecule has 92 valence electrons. The van der Waals surface area contributed by atoms with Crippen LogP contribution in [-0.4, -0.2) is 19.2 Å². The minimum absolute atomic E-state index is 0.00426. The largest absolute Gasteiger partial charge is 0.482 e. The van der Waals surface area contributed by atoms with Gasteiger partial charge in [0.2, 0.25) is 0 Å². The Bertz CT molecular complexity index is 398. The van der Waals surface area contributed by atoms with Crippen LogP contribution in [0.5, 0.6) is 5.75 Å². The predicted octanol–water partition coefficient (Wildman–Crippen LogP) is 2.51. The molecule has 3 heteroatoms. The normalized spacial score (nSPS) is 13.9. The van der Waals surface area contributed by atoms with Crippen molar-refractivity contribution < 1.29 is 14.3 Å². The number of benzene rings is 1. The summed E-state index contributed by atoms with van der Waals surface area (Å²) in [5.74, 6) is 0.538. The maximum atomic E-state index is 11.2. The summed E-state index contributed by atoms with van der Waals surface area (Å²) in [5.41, 5.74) is 2.63. The molecule has 0 atom stereocenters. The van der Waals surface area contributed by atoms with Crippen LogP contribution in [0.4, 0.5) is 0 Å². The van der Waals surface area contributed by atoms with Gasteiger partial charge in [0.05, 0.1) is 6.61 Å². The molecule has 1 aliphatic carbocycles. The summed E-state index contributed by atoms with van der Waals surface area (Å²) in [4.78, 5) is 11.2. The van der Waals surface area contributed by atoms with Gasteiger partial charge < -0.3 is 9.47 Å². The molecule has 0 radical (unpaired) electrons. The average Bonchev–Trinajstić information content (AvgIpc) is 2.36. The fraction of sp³-hybridized carbons (Fsp3) is 0.500. The van der Waals surface area contributed by atoms with Crippen molar-refractivity contribution in [2.45, 2.75) is 32.6 Å². The van der Waals surface area contributed by atoms with E-state index in [1.165, 1.54) is 24.0 Å². The van der Waals surface area contributed by atoms with E-state index in [0.29, 0.717) is 6.61 Å². The number of rotatable bonds is 4. The Morgan fingerprint density at radius 2 is 2.12 bits per heavy atom. The molecule has 0 saturated carbocycles. The topological polar surface area (TPSA) is 35.5 Å². The summed E-state index contributed by atoms with van der Waals surface area (Å²) in [6.07, 6.45) is 4.61. The van der Waals surface area contributed by atoms with Crippen molar-refractivity contribution in [3.05, 3.63) is 29.3 Å². The lowest BCUT2D eigenvalue weighted by Crippen LogP contribution is -2.16. The van der Waals surface area contributed by atoms with E-state index >= 15 is 0 Å². The molecule has 0 saturated heterocycles. The van der Waals surface area contributed by atoms with Crippen LogP contribution < -0.4 is 4.74 Å². The first-order valence-electron chi connectivity index (χ1n) is 6.20. The van der Waals surface area contributed by atoms with Crippen molar-refractivity contribution >= 4 is 5.97 Å². The lowest BCUT2D eigenvalue weighted by molar-refractivity contribution is -0.145. The SMILES string of the molecule is CCOC(=O)COc1cccc2c1CCCC2. The minimum atomic E-state index is -0.305. The van der Waals surface area contributed by atoms with E-state index in [4.69, 9.17) is 9.47 Å². The number of esters is 1. The van der Waals surface area contributed by atoms with Crippen LogP contribution in [0.25, 0.3) is 0 Å². The number of hydrogen-bond acceptors (Lipinski definition) is 3. The summed E-state index contributed by atoms with van der Waals surface area (Å²) in [6, 6.07) is 6.07. The Morgan fingerprint density at radius 1 is 1.29 bits per heavy atom. The van der Waals surface area contributed by atoms with Gasteiger partial charge in [-0.15, -0.1) is 0 Å². The average molecular weight is 234 g/mol. The lowest BCUT2D eigenvalue weighted by Gasteiger charge is -2.19. The summed E-state index contributed by atoms with van der Waals surface area (Å²) < 4.78 is 10.4. The molecule has 0 bridgehead atoms. The molecule has 0 aromatic heterocycles. The summed E-state index contributed by atoms with van der Waals surface area (Å²) in [7, 11) is 0. The molecule has 0 fully saturated rings. The fourth-order valence-electron chi connectivity index (χ4n) is 2.22. The first-order valence-corrected chi connectivity index (χ1v) is 6.20. The Hall–Kier alpha value is -1.51. The summed E-state index contributed by atoms with van der Waals surface area (Å²) in [5, 5.41) is 0. The van der Waals surface area contributed by atoms with Crippen molar-refractivity contribution in [1.82, 2.24) is 0 Å². The number of aryl methyl sites for hydroxylation is 1. The Labute approximate surface area is 102 Å². The maximum Gasteiger partial charge on any atom is 0.344 e. The van der Waals surface area contributed by atoms with E-state index in [-0.39, 0.29) is 12.6 Å². The Balaban J connectivity index is 2.03. The molecule has 0 spiro atoms. The predicted molar refractivity (Wildman–Crippen MR) is 65.2 cm³/mol. The quantitative estimate of drug-likeness (QED) is 0.751. The van der Waals surface area contributed by atoms with Gasteiger partial charge >= 0.3 is 5.97 Å². The van der Waals surface area contributed by atoms with Gasteiger partial charge in [-0.05, 0) is 49.8 Å². The Morgan fingerprint density at radius 3 is 2.94 bits per heavy atom. The van der Waals surface area contributed by atoms with Gasteiger partial charge in [0.25, 0.3) is 0 Å². The van der Waals surface area contributed by atoms with E-state index < -0.39 is 0 Å². The summed E-state index contributed by atoms with van der Waals surface area (Å²) in [6.45, 7) is 2.20. The zero-order valence-corrected chi connectivity index (χ0v) is 10.2. The molecule has 2 rings (SSSR count). The smallest absolute Gasteiger partial charge is 0.344 e. The second-order valence-electron chi connectivity index (χ2n) is 4.19. The molecule has 1 aliphatic rings. The molecular formula is C14H18O3. The highest BCUT2D eigenvalue weighted by molar-refractivity contribution is 5.71. The van der Waals surface area contributed by atoms with Gasteiger partial charge in [0, 0.05) is 0 Å². The zero-order valence-electron chi connectivity index (χ0n) is 10.2. The van der Waals surface area contributed by atoms with E-state index in [2.05, 4.69) is 6.07 Å². The molecule has 0 aliphatic heterocycles. The third kappa shape index (κ3) is 2.99. The van der Waals surface area contributed by atoms with Crippen molar-refractivity contribution in [3.63, 3.8) is 0 Å². The number of ether oxygens (including phenoxy) is 2. The summed E-state index contributed by atoms with van der Waals surface area (Å²) >= 11 is 0. The maximum absolute atomic E-state index is 11.2. The second kappa shape index (κ2) is 5.71. The first-order chi connectivity index (χ1) is 8.31. The van der Waals surface area contributed by atoms with E-state index in [1.54, 1.807) is 6.92 Å². The van der Waals surface area contributed by atoms with Gasteiger partial charge in [-0.1, -0.05) is 12.1 Å². The van der Waals surface area contributed by atoms with Crippen molar-refractivity contribution in [2.24, 2.45) is 0 Å². The van der Waals surface area contributed by atoms with Gasteiger partial charge in [-0.25, -0.2) is 4.79 Å². The Kier molecular flexibility index (Phi) is 4.02. The highest BCUT2D eigenvalue weighted by atomic mass is 16.6. The van der Waals surface area contributed by atoms with Gasteiger partial charge in [0.1, 0.15) is 5.75 Å². The molecular weight excluding hydrogens is 216 g/mol. The molecule has 0 amide bonds. The van der Waals surface area contributed by atoms with E-state index in [1.807, 2.05) is 12.1 Å². The fourth-order valence-corrected chi connectivity index (χ4v) is 2.22. The van der Waals surface area contributed by atoms with Crippen LogP contribution in [0.15, 0.2) is 18.2 Å². The van der Waals surface area contributed by atoms with Crippen molar-refractivity contribution in [1.29, 1.82) is 0 Å². The molecule has 0 N–H and O–H groups in total. The molecule has 3 nitrogen and oxygen atoms in total. The number of fused-ring (bicyclic) bond motifs is 1. The number of hydrogen-bond donors (Lipinski definition) is 0. The van der Waals surface area contributed by atoms with Crippen molar-refractivity contribution in [3.8, 4) is 5.75 Å². The first kappa shape index (κ1) is 12.0. The van der Waals surface area contributed by atoms with Crippen LogP contribution in [-0.2, 0) is 22.4 Å². The standard InChI is InChI=1S/C14H18O3/c1-2-16-14(15)10-17-13-9-5-7-11-6-3-4-8-12(11)13/h5,7,9H,2-4,6,8,10H2,1H3. The molecule has 0 unspecified atom stereocenters. The van der Waals surface area contributed by atoms with Gasteiger partial charge in [0.15, 0.2) is 6.61 Å². The molecule has 0 heterocycles. The third-order valence-corrected chi connectivity index (χ3v) is 3.00. The highest BCUT2D eigenvalue weighted by Crippen LogP contribution is 2.29. The van der Waals surface area contributed by atoms with Crippen molar-refractivity contribution in [2.75, 3.05) is 13.2 Å². The zero-order chi connectivity index (χ0) is 12.1. The number of carbonyl (C=O) groups excluding carboxylic acids is 1. The third-order valence-electron chi connectivity index (χ3n) is 3.00. The van der Waals surface area contributed by atoms with Crippen LogP contribution in [0.2, 0.25) is 0 Å². The monoisotopic (exact) mass is 234 g/mol. The molecule has 17 heavy (non-hydrogen) atoms. The van der Waals surface area contributed by atoms with Crippen LogP contribution >= 0.6 is 0 Å². The van der Waals surface area contributed by atoms with E-state index in [9.17, 15) is 4.79 Å². The second-order valence-corrected chi connectivity index (χ2v) is 4.19. The van der Waals surface area contributed by atoms with E-state index in [0.717, 1.165) is 18.6 Å². The molecule has 1 aromatic rings. The van der Waals surface area contributed by atoms with Crippen LogP contribution in [0.1, 0.15) is 30.9 Å². The van der Waals surface area contributed by atoms with Crippen LogP contribution in [0.3, 0.4) is 0 Å². The number of carbonyl (C=O) groups is 1. The minimum Gasteiger partial charge on any atom is -0.482 e. The lowest BCUT2D eigenvalue weighted by atomic mass is 9.91. The van der Waals surface area contributed by atoms with Gasteiger partial charge in [-0.2, -0.15) is 0 Å². The highest BCUT2D eigenvalue weighted by Gasteiger charge is 2.14. The van der Waals surface area contributed by atoms with Crippen LogP contribution in [0, 0.1) is 0 Å².